The molecule has 4 aromatic rings. The molecule has 0 aliphatic heterocycles. The Hall–Kier alpha value is -3.54. The topological polar surface area (TPSA) is 80.1 Å². The molecule has 4 rings (SSSR count). The average Bonchev–Trinajstić information content (AvgIpc) is 3.28. The van der Waals surface area contributed by atoms with Crippen molar-refractivity contribution >= 4 is 16.9 Å². The Bertz CT molecular complexity index is 1200. The van der Waals surface area contributed by atoms with Crippen molar-refractivity contribution in [1.82, 2.24) is 14.8 Å². The second-order valence-corrected chi connectivity index (χ2v) is 8.21. The van der Waals surface area contributed by atoms with Crippen LogP contribution in [-0.2, 0) is 10.2 Å². The highest BCUT2D eigenvalue weighted by Gasteiger charge is 2.29. The van der Waals surface area contributed by atoms with Crippen LogP contribution >= 0.6 is 0 Å². The Morgan fingerprint density at radius 2 is 1.77 bits per heavy atom. The number of H-pyrrole nitrogens is 1. The number of rotatable bonds is 4. The summed E-state index contributed by atoms with van der Waals surface area (Å²) in [5.74, 6) is -0.286. The highest BCUT2D eigenvalue weighted by atomic mass is 16.5. The van der Waals surface area contributed by atoms with E-state index < -0.39 is 0 Å². The van der Waals surface area contributed by atoms with E-state index in [9.17, 15) is 9.90 Å². The molecule has 0 amide bonds. The molecule has 2 aromatic heterocycles. The predicted octanol–water partition coefficient (Wildman–Crippen LogP) is 5.20. The first kappa shape index (κ1) is 19.8. The number of nitrogens with zero attached hydrogens (tertiary/aromatic N) is 2. The molecule has 0 spiro atoms. The van der Waals surface area contributed by atoms with E-state index in [1.54, 1.807) is 23.6 Å². The number of nitrogens with one attached hydrogen (secondary N) is 1. The maximum atomic E-state index is 12.0. The summed E-state index contributed by atoms with van der Waals surface area (Å²) >= 11 is 0. The molecule has 0 fully saturated rings. The van der Waals surface area contributed by atoms with Gasteiger partial charge in [0.05, 0.1) is 28.9 Å². The number of benzene rings is 2. The third-order valence-electron chi connectivity index (χ3n) is 5.06. The van der Waals surface area contributed by atoms with E-state index in [1.165, 1.54) is 0 Å². The minimum absolute atomic E-state index is 0.0794. The molecule has 0 saturated carbocycles. The van der Waals surface area contributed by atoms with Crippen molar-refractivity contribution in [1.29, 1.82) is 0 Å². The van der Waals surface area contributed by atoms with Crippen molar-refractivity contribution in [3.8, 4) is 22.8 Å². The lowest BCUT2D eigenvalue weighted by molar-refractivity contribution is 0.0526. The molecule has 0 atom stereocenters. The maximum Gasteiger partial charge on any atom is 0.338 e. The number of fused-ring (bicyclic) bond motifs is 1. The van der Waals surface area contributed by atoms with Gasteiger partial charge >= 0.3 is 5.97 Å². The summed E-state index contributed by atoms with van der Waals surface area (Å²) in [5, 5.41) is 19.5. The van der Waals surface area contributed by atoms with Crippen LogP contribution in [0.2, 0.25) is 0 Å². The average molecular weight is 403 g/mol. The van der Waals surface area contributed by atoms with E-state index in [0.29, 0.717) is 17.7 Å². The van der Waals surface area contributed by atoms with Gasteiger partial charge in [0, 0.05) is 11.1 Å². The standard InChI is InChI=1S/C24H25N3O3/c1-5-30-23(29)16-11-13-17(14-12-16)27-20(15-9-7-6-8-10-15)18-19(22(27)28)25-26-21(18)24(2,3)4/h6-14,25,28H,5H2,1-4H3. The van der Waals surface area contributed by atoms with Crippen molar-refractivity contribution in [2.75, 3.05) is 6.61 Å². The molecule has 0 unspecified atom stereocenters. The summed E-state index contributed by atoms with van der Waals surface area (Å²) in [6.07, 6.45) is 0. The van der Waals surface area contributed by atoms with Gasteiger partial charge < -0.3 is 9.84 Å². The van der Waals surface area contributed by atoms with Gasteiger partial charge in [-0.15, -0.1) is 0 Å². The number of hydrogen-bond donors (Lipinski definition) is 2. The van der Waals surface area contributed by atoms with Gasteiger partial charge in [-0.05, 0) is 36.8 Å². The van der Waals surface area contributed by atoms with Crippen molar-refractivity contribution in [2.24, 2.45) is 0 Å². The number of aromatic nitrogens is 3. The molecule has 0 radical (unpaired) electrons. The van der Waals surface area contributed by atoms with Gasteiger partial charge in [0.2, 0.25) is 5.88 Å². The van der Waals surface area contributed by atoms with Crippen molar-refractivity contribution in [3.05, 3.63) is 65.9 Å². The third kappa shape index (κ3) is 3.24. The van der Waals surface area contributed by atoms with Gasteiger partial charge in [-0.25, -0.2) is 4.79 Å². The van der Waals surface area contributed by atoms with E-state index in [1.807, 2.05) is 42.5 Å². The minimum Gasteiger partial charge on any atom is -0.493 e. The van der Waals surface area contributed by atoms with Crippen LogP contribution in [0.1, 0.15) is 43.7 Å². The highest BCUT2D eigenvalue weighted by Crippen LogP contribution is 2.43. The maximum absolute atomic E-state index is 12.0. The highest BCUT2D eigenvalue weighted by molar-refractivity contribution is 6.01. The fourth-order valence-electron chi connectivity index (χ4n) is 3.69. The Morgan fingerprint density at radius 3 is 2.37 bits per heavy atom. The summed E-state index contributed by atoms with van der Waals surface area (Å²) in [7, 11) is 0. The largest absolute Gasteiger partial charge is 0.493 e. The molecule has 0 aliphatic rings. The fraction of sp³-hybridized carbons (Fsp3) is 0.250. The molecule has 6 nitrogen and oxygen atoms in total. The smallest absolute Gasteiger partial charge is 0.338 e. The molecule has 30 heavy (non-hydrogen) atoms. The number of ether oxygens (including phenoxy) is 1. The first-order chi connectivity index (χ1) is 14.3. The molecule has 0 aliphatic carbocycles. The monoisotopic (exact) mass is 403 g/mol. The van der Waals surface area contributed by atoms with Crippen LogP contribution in [0.3, 0.4) is 0 Å². The minimum atomic E-state index is -0.365. The van der Waals surface area contributed by atoms with Crippen LogP contribution in [0.4, 0.5) is 0 Å². The van der Waals surface area contributed by atoms with Crippen LogP contribution in [0.15, 0.2) is 54.6 Å². The molecule has 154 valence electrons. The molecule has 2 heterocycles. The number of aromatic hydroxyl groups is 1. The first-order valence-electron chi connectivity index (χ1n) is 9.98. The second kappa shape index (κ2) is 7.37. The van der Waals surface area contributed by atoms with Crippen LogP contribution in [0.25, 0.3) is 27.8 Å². The van der Waals surface area contributed by atoms with Crippen molar-refractivity contribution < 1.29 is 14.6 Å². The summed E-state index contributed by atoms with van der Waals surface area (Å²) in [4.78, 5) is 12.0. The Morgan fingerprint density at radius 1 is 1.10 bits per heavy atom. The fourth-order valence-corrected chi connectivity index (χ4v) is 3.69. The molecule has 6 heteroatoms. The number of carbonyl (C=O) groups excluding carboxylic acids is 1. The first-order valence-corrected chi connectivity index (χ1v) is 9.98. The number of carbonyl (C=O) groups is 1. The number of hydrogen-bond acceptors (Lipinski definition) is 4. The molecule has 0 bridgehead atoms. The zero-order valence-corrected chi connectivity index (χ0v) is 17.6. The quantitative estimate of drug-likeness (QED) is 0.459. The Labute approximate surface area is 175 Å². The second-order valence-electron chi connectivity index (χ2n) is 8.21. The van der Waals surface area contributed by atoms with E-state index in [4.69, 9.17) is 4.74 Å². The Kier molecular flexibility index (Phi) is 4.86. The van der Waals surface area contributed by atoms with Crippen LogP contribution in [-0.4, -0.2) is 32.4 Å². The third-order valence-corrected chi connectivity index (χ3v) is 5.06. The van der Waals surface area contributed by atoms with Crippen molar-refractivity contribution in [2.45, 2.75) is 33.1 Å². The summed E-state index contributed by atoms with van der Waals surface area (Å²) in [6, 6.07) is 16.9. The Balaban J connectivity index is 1.97. The predicted molar refractivity (Wildman–Crippen MR) is 117 cm³/mol. The van der Waals surface area contributed by atoms with Gasteiger partial charge in [0.1, 0.15) is 5.52 Å². The number of aromatic amines is 1. The molecule has 0 saturated heterocycles. The molecule has 2 aromatic carbocycles. The van der Waals surface area contributed by atoms with Gasteiger partial charge in [-0.1, -0.05) is 51.1 Å². The zero-order chi connectivity index (χ0) is 21.5. The van der Waals surface area contributed by atoms with Gasteiger partial charge in [0.15, 0.2) is 0 Å². The summed E-state index contributed by atoms with van der Waals surface area (Å²) in [6.45, 7) is 8.39. The SMILES string of the molecule is CCOC(=O)c1ccc(-n2c(O)c3[nH]nc(C(C)(C)C)c3c2-c2ccccc2)cc1. The van der Waals surface area contributed by atoms with Crippen molar-refractivity contribution in [3.63, 3.8) is 0 Å². The lowest BCUT2D eigenvalue weighted by Gasteiger charge is -2.17. The van der Waals surface area contributed by atoms with Gasteiger partial charge in [0.25, 0.3) is 0 Å². The zero-order valence-electron chi connectivity index (χ0n) is 17.6. The lowest BCUT2D eigenvalue weighted by Crippen LogP contribution is -2.12. The van der Waals surface area contributed by atoms with E-state index >= 15 is 0 Å². The summed E-state index contributed by atoms with van der Waals surface area (Å²) in [5.41, 5.74) is 4.28. The van der Waals surface area contributed by atoms with Gasteiger partial charge in [-0.3, -0.25) is 9.67 Å². The molecular weight excluding hydrogens is 378 g/mol. The van der Waals surface area contributed by atoms with Crippen LogP contribution in [0, 0.1) is 0 Å². The lowest BCUT2D eigenvalue weighted by atomic mass is 9.89. The van der Waals surface area contributed by atoms with Gasteiger partial charge in [-0.2, -0.15) is 5.10 Å². The van der Waals surface area contributed by atoms with E-state index in [-0.39, 0.29) is 17.3 Å². The van der Waals surface area contributed by atoms with Crippen LogP contribution < -0.4 is 0 Å². The summed E-state index contributed by atoms with van der Waals surface area (Å²) < 4.78 is 6.86. The van der Waals surface area contributed by atoms with E-state index in [2.05, 4.69) is 31.0 Å². The normalized spacial score (nSPS) is 11.7. The molecule has 2 N–H and O–H groups in total. The van der Waals surface area contributed by atoms with E-state index in [0.717, 1.165) is 28.0 Å². The van der Waals surface area contributed by atoms with Crippen LogP contribution in [0.5, 0.6) is 5.88 Å². The molecular formula is C24H25N3O3. The number of esters is 1.